The summed E-state index contributed by atoms with van der Waals surface area (Å²) in [4.78, 5) is 43.0. The highest BCUT2D eigenvalue weighted by Gasteiger charge is 2.36. The first-order valence-electron chi connectivity index (χ1n) is 8.55. The van der Waals surface area contributed by atoms with Gasteiger partial charge in [0.2, 0.25) is 11.8 Å². The Morgan fingerprint density at radius 1 is 1.30 bits per heavy atom. The zero-order valence-corrected chi connectivity index (χ0v) is 16.5. The molecule has 0 bridgehead atoms. The highest BCUT2D eigenvalue weighted by molar-refractivity contribution is 7.17. The third-order valence-electron chi connectivity index (χ3n) is 4.76. The van der Waals surface area contributed by atoms with Gasteiger partial charge in [-0.25, -0.2) is 9.78 Å². The van der Waals surface area contributed by atoms with Crippen LogP contribution in [0.1, 0.15) is 32.9 Å². The maximum atomic E-state index is 12.6. The van der Waals surface area contributed by atoms with Crippen molar-refractivity contribution in [2.45, 2.75) is 27.2 Å². The van der Waals surface area contributed by atoms with E-state index in [2.05, 4.69) is 10.3 Å². The molecule has 2 heterocycles. The normalized spacial score (nSPS) is 16.5. The van der Waals surface area contributed by atoms with Crippen LogP contribution in [0.4, 0.5) is 10.8 Å². The Hall–Kier alpha value is -2.74. The lowest BCUT2D eigenvalue weighted by Crippen LogP contribution is -2.28. The first-order valence-corrected chi connectivity index (χ1v) is 9.36. The Morgan fingerprint density at radius 3 is 2.74 bits per heavy atom. The van der Waals surface area contributed by atoms with Gasteiger partial charge in [0.1, 0.15) is 4.88 Å². The van der Waals surface area contributed by atoms with E-state index < -0.39 is 11.9 Å². The quantitative estimate of drug-likeness (QED) is 0.815. The van der Waals surface area contributed by atoms with Crippen LogP contribution in [-0.4, -0.2) is 36.4 Å². The zero-order valence-electron chi connectivity index (χ0n) is 15.7. The lowest BCUT2D eigenvalue weighted by atomic mass is 10.1. The maximum absolute atomic E-state index is 12.6. The van der Waals surface area contributed by atoms with Gasteiger partial charge in [0.15, 0.2) is 5.13 Å². The molecule has 1 aromatic carbocycles. The number of nitrogens with one attached hydrogen (secondary N) is 1. The van der Waals surface area contributed by atoms with E-state index in [-0.39, 0.29) is 18.2 Å². The number of hydrogen-bond acceptors (Lipinski definition) is 6. The zero-order chi connectivity index (χ0) is 19.7. The summed E-state index contributed by atoms with van der Waals surface area (Å²) in [5, 5.41) is 3.05. The molecule has 1 aliphatic heterocycles. The fourth-order valence-electron chi connectivity index (χ4n) is 3.08. The van der Waals surface area contributed by atoms with E-state index >= 15 is 0 Å². The minimum atomic E-state index is -0.484. The van der Waals surface area contributed by atoms with E-state index in [9.17, 15) is 14.4 Å². The molecule has 1 saturated heterocycles. The van der Waals surface area contributed by atoms with Gasteiger partial charge in [-0.15, -0.1) is 0 Å². The minimum Gasteiger partial charge on any atom is -0.465 e. The molecule has 27 heavy (non-hydrogen) atoms. The summed E-state index contributed by atoms with van der Waals surface area (Å²) in [6.07, 6.45) is 0.146. The highest BCUT2D eigenvalue weighted by Crippen LogP contribution is 2.30. The van der Waals surface area contributed by atoms with Gasteiger partial charge in [0.05, 0.1) is 18.7 Å². The number of esters is 1. The van der Waals surface area contributed by atoms with Crippen LogP contribution in [0.25, 0.3) is 0 Å². The third kappa shape index (κ3) is 3.71. The van der Waals surface area contributed by atoms with Gasteiger partial charge in [-0.1, -0.05) is 23.5 Å². The van der Waals surface area contributed by atoms with Crippen LogP contribution in [0.2, 0.25) is 0 Å². The number of hydrogen-bond donors (Lipinski definition) is 1. The van der Waals surface area contributed by atoms with Gasteiger partial charge in [0.25, 0.3) is 0 Å². The number of thiazole rings is 1. The van der Waals surface area contributed by atoms with Crippen molar-refractivity contribution in [3.8, 4) is 0 Å². The van der Waals surface area contributed by atoms with Gasteiger partial charge in [0, 0.05) is 18.7 Å². The molecule has 3 rings (SSSR count). The van der Waals surface area contributed by atoms with Crippen molar-refractivity contribution in [2.75, 3.05) is 23.9 Å². The Bertz CT molecular complexity index is 922. The van der Waals surface area contributed by atoms with Crippen molar-refractivity contribution in [2.24, 2.45) is 5.92 Å². The standard InChI is InChI=1S/C19H21N3O4S/c1-10-6-5-7-14(11(10)2)22-9-13(8-15(22)23)17(24)21-19-20-12(3)16(27-19)18(25)26-4/h5-7,13H,8-9H2,1-4H3,(H,20,21,24). The molecule has 1 aliphatic rings. The SMILES string of the molecule is COC(=O)c1sc(NC(=O)C2CC(=O)N(c3cccc(C)c3C)C2)nc1C. The number of rotatable bonds is 4. The van der Waals surface area contributed by atoms with Crippen LogP contribution in [0, 0.1) is 26.7 Å². The number of methoxy groups -OCH3 is 1. The van der Waals surface area contributed by atoms with Crippen molar-refractivity contribution in [1.29, 1.82) is 0 Å². The lowest BCUT2D eigenvalue weighted by molar-refractivity contribution is -0.122. The molecule has 0 aliphatic carbocycles. The molecule has 2 aromatic rings. The Morgan fingerprint density at radius 2 is 2.04 bits per heavy atom. The number of nitrogens with zero attached hydrogens (tertiary/aromatic N) is 2. The second-order valence-corrected chi connectivity index (χ2v) is 7.54. The van der Waals surface area contributed by atoms with Crippen LogP contribution in [0.15, 0.2) is 18.2 Å². The molecule has 1 unspecified atom stereocenters. The molecule has 1 fully saturated rings. The molecule has 1 N–H and O–H groups in total. The second-order valence-electron chi connectivity index (χ2n) is 6.54. The molecule has 0 spiro atoms. The number of ether oxygens (including phenoxy) is 1. The first kappa shape index (κ1) is 19.0. The molecular weight excluding hydrogens is 366 g/mol. The monoisotopic (exact) mass is 387 g/mol. The topological polar surface area (TPSA) is 88.6 Å². The molecule has 2 amide bonds. The van der Waals surface area contributed by atoms with E-state index in [1.807, 2.05) is 32.0 Å². The molecule has 1 atom stereocenters. The van der Waals surface area contributed by atoms with Crippen molar-refractivity contribution in [3.63, 3.8) is 0 Å². The van der Waals surface area contributed by atoms with Crippen molar-refractivity contribution in [3.05, 3.63) is 39.9 Å². The smallest absolute Gasteiger partial charge is 0.350 e. The van der Waals surface area contributed by atoms with E-state index in [4.69, 9.17) is 4.74 Å². The Balaban J connectivity index is 1.73. The predicted octanol–water partition coefficient (Wildman–Crippen LogP) is 2.85. The number of carbonyl (C=O) groups is 3. The average molecular weight is 387 g/mol. The molecule has 0 saturated carbocycles. The molecule has 7 nitrogen and oxygen atoms in total. The van der Waals surface area contributed by atoms with Gasteiger partial charge >= 0.3 is 5.97 Å². The number of carbonyl (C=O) groups excluding carboxylic acids is 3. The van der Waals surface area contributed by atoms with Crippen LogP contribution < -0.4 is 10.2 Å². The lowest BCUT2D eigenvalue weighted by Gasteiger charge is -2.20. The highest BCUT2D eigenvalue weighted by atomic mass is 32.1. The summed E-state index contributed by atoms with van der Waals surface area (Å²) in [6, 6.07) is 5.80. The Kier molecular flexibility index (Phi) is 5.27. The summed E-state index contributed by atoms with van der Waals surface area (Å²) >= 11 is 1.07. The van der Waals surface area contributed by atoms with Crippen LogP contribution in [0.5, 0.6) is 0 Å². The molecule has 1 aromatic heterocycles. The number of benzene rings is 1. The average Bonchev–Trinajstić information content (AvgIpc) is 3.19. The van der Waals surface area contributed by atoms with E-state index in [0.717, 1.165) is 28.2 Å². The van der Waals surface area contributed by atoms with Crippen LogP contribution in [0.3, 0.4) is 0 Å². The number of amides is 2. The molecular formula is C19H21N3O4S. The van der Waals surface area contributed by atoms with Crippen LogP contribution in [-0.2, 0) is 14.3 Å². The van der Waals surface area contributed by atoms with Crippen molar-refractivity contribution in [1.82, 2.24) is 4.98 Å². The van der Waals surface area contributed by atoms with Gasteiger partial charge in [-0.3, -0.25) is 9.59 Å². The number of aromatic nitrogens is 1. The van der Waals surface area contributed by atoms with E-state index in [1.165, 1.54) is 7.11 Å². The summed E-state index contributed by atoms with van der Waals surface area (Å²) in [6.45, 7) is 5.97. The summed E-state index contributed by atoms with van der Waals surface area (Å²) in [5.74, 6) is -1.30. The van der Waals surface area contributed by atoms with E-state index in [1.54, 1.807) is 11.8 Å². The van der Waals surface area contributed by atoms with Gasteiger partial charge in [-0.2, -0.15) is 0 Å². The second kappa shape index (κ2) is 7.48. The maximum Gasteiger partial charge on any atom is 0.350 e. The van der Waals surface area contributed by atoms with E-state index in [0.29, 0.717) is 22.2 Å². The van der Waals surface area contributed by atoms with Gasteiger partial charge in [-0.05, 0) is 38.0 Å². The largest absolute Gasteiger partial charge is 0.465 e. The van der Waals surface area contributed by atoms with Gasteiger partial charge < -0.3 is 15.0 Å². The first-order chi connectivity index (χ1) is 12.8. The predicted molar refractivity (Wildman–Crippen MR) is 103 cm³/mol. The fraction of sp³-hybridized carbons (Fsp3) is 0.368. The van der Waals surface area contributed by atoms with Crippen LogP contribution >= 0.6 is 11.3 Å². The summed E-state index contributed by atoms with van der Waals surface area (Å²) in [7, 11) is 1.30. The number of aryl methyl sites for hydroxylation is 2. The third-order valence-corrected chi connectivity index (χ3v) is 5.81. The minimum absolute atomic E-state index is 0.0746. The Labute approximate surface area is 161 Å². The molecule has 142 valence electrons. The number of anilines is 2. The summed E-state index contributed by atoms with van der Waals surface area (Å²) < 4.78 is 4.70. The molecule has 0 radical (unpaired) electrons. The fourth-order valence-corrected chi connectivity index (χ4v) is 3.97. The molecule has 8 heteroatoms. The van der Waals surface area contributed by atoms with Crippen molar-refractivity contribution < 1.29 is 19.1 Å². The summed E-state index contributed by atoms with van der Waals surface area (Å²) in [5.41, 5.74) is 3.47. The van der Waals surface area contributed by atoms with Crippen molar-refractivity contribution >= 4 is 39.9 Å².